The Morgan fingerprint density at radius 3 is 2.32 bits per heavy atom. The molecule has 0 spiro atoms. The fourth-order valence-electron chi connectivity index (χ4n) is 5.40. The zero-order valence-corrected chi connectivity index (χ0v) is 21.5. The van der Waals surface area contributed by atoms with Gasteiger partial charge in [-0.25, -0.2) is 4.39 Å². The van der Waals surface area contributed by atoms with Gasteiger partial charge in [-0.05, 0) is 43.2 Å². The van der Waals surface area contributed by atoms with Gasteiger partial charge in [0.25, 0.3) is 5.91 Å². The monoisotopic (exact) mass is 472 g/mol. The number of ketones is 1. The van der Waals surface area contributed by atoms with Crippen LogP contribution in [0.5, 0.6) is 0 Å². The average Bonchev–Trinajstić information content (AvgIpc) is 2.81. The Balaban J connectivity index is 1.80. The second-order valence-electron chi connectivity index (χ2n) is 11.5. The van der Waals surface area contributed by atoms with Crippen LogP contribution in [0.1, 0.15) is 101 Å². The first-order valence-corrected chi connectivity index (χ1v) is 12.9. The molecule has 5 nitrogen and oxygen atoms in total. The van der Waals surface area contributed by atoms with Gasteiger partial charge in [-0.3, -0.25) is 14.4 Å². The summed E-state index contributed by atoms with van der Waals surface area (Å²) in [5.74, 6) is -1.23. The molecule has 188 valence electrons. The highest BCUT2D eigenvalue weighted by Crippen LogP contribution is 2.33. The van der Waals surface area contributed by atoms with Crippen LogP contribution < -0.4 is 5.32 Å². The van der Waals surface area contributed by atoms with E-state index in [1.807, 2.05) is 39.5 Å². The third kappa shape index (κ3) is 6.05. The number of amides is 2. The van der Waals surface area contributed by atoms with Crippen molar-refractivity contribution in [2.45, 2.75) is 91.5 Å². The molecule has 3 rings (SSSR count). The lowest BCUT2D eigenvalue weighted by Gasteiger charge is -2.37. The molecule has 2 amide bonds. The minimum absolute atomic E-state index is 0.0143. The maximum absolute atomic E-state index is 15.7. The van der Waals surface area contributed by atoms with E-state index in [1.54, 1.807) is 12.1 Å². The molecular weight excluding hydrogens is 431 g/mol. The topological polar surface area (TPSA) is 66.5 Å². The van der Waals surface area contributed by atoms with Crippen LogP contribution in [0.3, 0.4) is 0 Å². The molecule has 0 aromatic heterocycles. The number of rotatable bonds is 6. The SMILES string of the molecule is CC(C)C(=O)[C@H](NC(=O)c1cccc(C2CCCN(C(=O)C(C)(C)C)C2)c1F)C1CCCCC1. The number of hydrogen-bond acceptors (Lipinski definition) is 3. The highest BCUT2D eigenvalue weighted by molar-refractivity contribution is 5.98. The van der Waals surface area contributed by atoms with Crippen molar-refractivity contribution in [3.05, 3.63) is 35.1 Å². The molecule has 1 aromatic carbocycles. The summed E-state index contributed by atoms with van der Waals surface area (Å²) < 4.78 is 15.7. The number of piperidine rings is 1. The zero-order valence-electron chi connectivity index (χ0n) is 21.5. The number of halogens is 1. The lowest BCUT2D eigenvalue weighted by molar-refractivity contribution is -0.140. The van der Waals surface area contributed by atoms with E-state index < -0.39 is 23.2 Å². The number of carbonyl (C=O) groups excluding carboxylic acids is 3. The van der Waals surface area contributed by atoms with E-state index in [2.05, 4.69) is 5.32 Å². The number of nitrogens with zero attached hydrogens (tertiary/aromatic N) is 1. The number of benzene rings is 1. The molecule has 1 unspecified atom stereocenters. The van der Waals surface area contributed by atoms with E-state index in [0.29, 0.717) is 18.7 Å². The molecule has 1 heterocycles. The van der Waals surface area contributed by atoms with E-state index in [0.717, 1.165) is 44.9 Å². The standard InChI is InChI=1S/C28H41FN2O3/c1-18(2)25(32)24(19-11-7-6-8-12-19)30-26(33)22-15-9-14-21(23(22)29)20-13-10-16-31(17-20)27(34)28(3,4)5/h9,14-15,18-20,24H,6-8,10-13,16-17H2,1-5H3,(H,30,33)/t20?,24-/m1/s1. The van der Waals surface area contributed by atoms with Crippen LogP contribution in [-0.4, -0.2) is 41.6 Å². The maximum Gasteiger partial charge on any atom is 0.254 e. The molecular formula is C28H41FN2O3. The van der Waals surface area contributed by atoms with E-state index in [1.165, 1.54) is 6.07 Å². The van der Waals surface area contributed by atoms with Crippen LogP contribution in [0, 0.1) is 23.1 Å². The van der Waals surface area contributed by atoms with Crippen molar-refractivity contribution in [2.75, 3.05) is 13.1 Å². The lowest BCUT2D eigenvalue weighted by atomic mass is 9.80. The number of likely N-dealkylation sites (tertiary alicyclic amines) is 1. The van der Waals surface area contributed by atoms with Crippen LogP contribution in [0.15, 0.2) is 18.2 Å². The molecule has 0 radical (unpaired) electrons. The van der Waals surface area contributed by atoms with Crippen molar-refractivity contribution in [1.29, 1.82) is 0 Å². The Morgan fingerprint density at radius 2 is 1.71 bits per heavy atom. The van der Waals surface area contributed by atoms with Gasteiger partial charge in [0, 0.05) is 30.3 Å². The Hall–Kier alpha value is -2.24. The highest BCUT2D eigenvalue weighted by Gasteiger charge is 2.35. The van der Waals surface area contributed by atoms with Crippen LogP contribution in [0.25, 0.3) is 0 Å². The largest absolute Gasteiger partial charge is 0.342 e. The predicted octanol–water partition coefficient (Wildman–Crippen LogP) is 5.48. The van der Waals surface area contributed by atoms with Crippen molar-refractivity contribution in [1.82, 2.24) is 10.2 Å². The molecule has 1 aliphatic carbocycles. The number of nitrogens with one attached hydrogen (secondary N) is 1. The number of Topliss-reactive ketones (excluding diaryl/α,β-unsaturated/α-hetero) is 1. The van der Waals surface area contributed by atoms with E-state index in [9.17, 15) is 14.4 Å². The molecule has 6 heteroatoms. The Kier molecular flexibility index (Phi) is 8.53. The second kappa shape index (κ2) is 11.0. The molecule has 2 atom stereocenters. The summed E-state index contributed by atoms with van der Waals surface area (Å²) in [7, 11) is 0. The summed E-state index contributed by atoms with van der Waals surface area (Å²) in [6.45, 7) is 10.5. The normalized spacial score (nSPS) is 20.8. The number of carbonyl (C=O) groups is 3. The Bertz CT molecular complexity index is 899. The van der Waals surface area contributed by atoms with Crippen molar-refractivity contribution in [2.24, 2.45) is 17.3 Å². The van der Waals surface area contributed by atoms with Crippen LogP contribution in [0.2, 0.25) is 0 Å². The first-order chi connectivity index (χ1) is 16.0. The molecule has 1 N–H and O–H groups in total. The molecule has 1 saturated carbocycles. The van der Waals surface area contributed by atoms with E-state index in [4.69, 9.17) is 0 Å². The lowest BCUT2D eigenvalue weighted by Crippen LogP contribution is -2.48. The third-order valence-electron chi connectivity index (χ3n) is 7.35. The minimum Gasteiger partial charge on any atom is -0.342 e. The molecule has 1 saturated heterocycles. The summed E-state index contributed by atoms with van der Waals surface area (Å²) in [5.41, 5.74) is -0.0307. The van der Waals surface area contributed by atoms with Crippen molar-refractivity contribution < 1.29 is 18.8 Å². The van der Waals surface area contributed by atoms with Crippen LogP contribution in [0.4, 0.5) is 4.39 Å². The van der Waals surface area contributed by atoms with Gasteiger partial charge < -0.3 is 10.2 Å². The van der Waals surface area contributed by atoms with Gasteiger partial charge in [0.1, 0.15) is 5.82 Å². The van der Waals surface area contributed by atoms with Gasteiger partial charge >= 0.3 is 0 Å². The zero-order chi connectivity index (χ0) is 25.0. The summed E-state index contributed by atoms with van der Waals surface area (Å²) in [6.07, 6.45) is 6.65. The molecule has 2 fully saturated rings. The fourth-order valence-corrected chi connectivity index (χ4v) is 5.40. The Morgan fingerprint density at radius 1 is 1.03 bits per heavy atom. The first kappa shape index (κ1) is 26.4. The third-order valence-corrected chi connectivity index (χ3v) is 7.35. The van der Waals surface area contributed by atoms with E-state index >= 15 is 4.39 Å². The second-order valence-corrected chi connectivity index (χ2v) is 11.5. The fraction of sp³-hybridized carbons (Fsp3) is 0.679. The summed E-state index contributed by atoms with van der Waals surface area (Å²) in [4.78, 5) is 40.8. The molecule has 1 aromatic rings. The molecule has 34 heavy (non-hydrogen) atoms. The summed E-state index contributed by atoms with van der Waals surface area (Å²) in [6, 6.07) is 4.34. The smallest absolute Gasteiger partial charge is 0.254 e. The van der Waals surface area contributed by atoms with Crippen molar-refractivity contribution >= 4 is 17.6 Å². The molecule has 1 aliphatic heterocycles. The van der Waals surface area contributed by atoms with Crippen molar-refractivity contribution in [3.63, 3.8) is 0 Å². The van der Waals surface area contributed by atoms with Gasteiger partial charge in [-0.15, -0.1) is 0 Å². The van der Waals surface area contributed by atoms with Crippen LogP contribution >= 0.6 is 0 Å². The maximum atomic E-state index is 15.7. The van der Waals surface area contributed by atoms with Gasteiger partial charge in [0.15, 0.2) is 5.78 Å². The minimum atomic E-state index is -0.578. The van der Waals surface area contributed by atoms with Gasteiger partial charge in [-0.2, -0.15) is 0 Å². The Labute approximate surface area is 203 Å². The van der Waals surface area contributed by atoms with Gasteiger partial charge in [0.2, 0.25) is 5.91 Å². The quantitative estimate of drug-likeness (QED) is 0.596. The highest BCUT2D eigenvalue weighted by atomic mass is 19.1. The molecule has 0 bridgehead atoms. The van der Waals surface area contributed by atoms with Crippen molar-refractivity contribution in [3.8, 4) is 0 Å². The summed E-state index contributed by atoms with van der Waals surface area (Å²) >= 11 is 0. The van der Waals surface area contributed by atoms with Crippen LogP contribution in [-0.2, 0) is 9.59 Å². The summed E-state index contributed by atoms with van der Waals surface area (Å²) in [5, 5.41) is 2.91. The van der Waals surface area contributed by atoms with Gasteiger partial charge in [0.05, 0.1) is 11.6 Å². The van der Waals surface area contributed by atoms with Gasteiger partial charge in [-0.1, -0.05) is 66.0 Å². The molecule has 2 aliphatic rings. The average molecular weight is 473 g/mol. The number of hydrogen-bond donors (Lipinski definition) is 1. The van der Waals surface area contributed by atoms with E-state index in [-0.39, 0.29) is 35.0 Å². The predicted molar refractivity (Wildman–Crippen MR) is 132 cm³/mol. The first-order valence-electron chi connectivity index (χ1n) is 12.9.